The van der Waals surface area contributed by atoms with Crippen molar-refractivity contribution in [3.63, 3.8) is 0 Å². The van der Waals surface area contributed by atoms with Crippen molar-refractivity contribution in [2.75, 3.05) is 12.0 Å². The van der Waals surface area contributed by atoms with E-state index in [1.807, 2.05) is 18.2 Å². The Kier molecular flexibility index (Phi) is 2.51. The molecule has 4 nitrogen and oxygen atoms in total. The lowest BCUT2D eigenvalue weighted by molar-refractivity contribution is 0.153. The highest BCUT2D eigenvalue weighted by molar-refractivity contribution is 5.92. The summed E-state index contributed by atoms with van der Waals surface area (Å²) in [7, 11) is 1.64. The third-order valence-corrected chi connectivity index (χ3v) is 3.63. The summed E-state index contributed by atoms with van der Waals surface area (Å²) in [6.45, 7) is 3.73. The third kappa shape index (κ3) is 1.49. The van der Waals surface area contributed by atoms with E-state index in [1.54, 1.807) is 18.1 Å². The molecule has 3 rings (SSSR count). The highest BCUT2D eigenvalue weighted by Gasteiger charge is 2.43. The molecule has 2 heterocycles. The quantitative estimate of drug-likeness (QED) is 0.751. The average molecular weight is 245 g/mol. The molecule has 2 aliphatic rings. The number of rotatable bonds is 2. The molecule has 1 fully saturated rings. The van der Waals surface area contributed by atoms with Crippen molar-refractivity contribution in [1.82, 2.24) is 0 Å². The maximum Gasteiger partial charge on any atom is 0.415 e. The summed E-state index contributed by atoms with van der Waals surface area (Å²) in [6.07, 6.45) is 3.04. The minimum absolute atomic E-state index is 0.0795. The fourth-order valence-electron chi connectivity index (χ4n) is 2.74. The van der Waals surface area contributed by atoms with E-state index in [0.29, 0.717) is 0 Å². The molecule has 1 saturated heterocycles. The molecule has 0 spiro atoms. The number of hydrogen-bond donors (Lipinski definition) is 0. The van der Waals surface area contributed by atoms with Crippen LogP contribution in [0.2, 0.25) is 0 Å². The minimum atomic E-state index is -0.281. The van der Waals surface area contributed by atoms with Crippen LogP contribution < -0.4 is 9.64 Å². The first-order valence-electron chi connectivity index (χ1n) is 6.04. The summed E-state index contributed by atoms with van der Waals surface area (Å²) >= 11 is 0. The number of nitrogens with zero attached hydrogens (tertiary/aromatic N) is 1. The molecule has 0 aliphatic carbocycles. The molecule has 0 radical (unpaired) electrons. The molecule has 94 valence electrons. The van der Waals surface area contributed by atoms with E-state index in [4.69, 9.17) is 9.47 Å². The fourth-order valence-corrected chi connectivity index (χ4v) is 2.74. The van der Waals surface area contributed by atoms with Gasteiger partial charge in [0, 0.05) is 0 Å². The minimum Gasteiger partial charge on any atom is -0.497 e. The third-order valence-electron chi connectivity index (χ3n) is 3.63. The second kappa shape index (κ2) is 4.05. The van der Waals surface area contributed by atoms with E-state index in [2.05, 4.69) is 6.58 Å². The number of methoxy groups -OCH3 is 1. The van der Waals surface area contributed by atoms with Crippen LogP contribution in [0.1, 0.15) is 12.0 Å². The van der Waals surface area contributed by atoms with Gasteiger partial charge in [-0.1, -0.05) is 6.58 Å². The average Bonchev–Trinajstić information content (AvgIpc) is 2.75. The van der Waals surface area contributed by atoms with Crippen LogP contribution >= 0.6 is 0 Å². The van der Waals surface area contributed by atoms with Gasteiger partial charge in [0.15, 0.2) is 0 Å². The molecule has 0 unspecified atom stereocenters. The van der Waals surface area contributed by atoms with Gasteiger partial charge in [-0.25, -0.2) is 4.79 Å². The van der Waals surface area contributed by atoms with Crippen LogP contribution in [0.15, 0.2) is 30.9 Å². The Bertz CT molecular complexity index is 512. The molecule has 2 aliphatic heterocycles. The van der Waals surface area contributed by atoms with E-state index in [9.17, 15) is 4.79 Å². The predicted molar refractivity (Wildman–Crippen MR) is 68.0 cm³/mol. The Balaban J connectivity index is 2.03. The van der Waals surface area contributed by atoms with Crippen molar-refractivity contribution in [3.8, 4) is 5.75 Å². The standard InChI is InChI=1S/C14H15NO3/c1-3-13-12-6-4-9-8-10(17-2)5-7-11(9)15(12)14(16)18-13/h3,5,7-8,12-13H,1,4,6H2,2H3/t12-,13+/m1/s1. The Morgan fingerprint density at radius 2 is 2.39 bits per heavy atom. The molecule has 1 amide bonds. The van der Waals surface area contributed by atoms with Crippen LogP contribution in [-0.4, -0.2) is 25.3 Å². The van der Waals surface area contributed by atoms with Gasteiger partial charge in [0.25, 0.3) is 0 Å². The molecular weight excluding hydrogens is 230 g/mol. The summed E-state index contributed by atoms with van der Waals surface area (Å²) in [5.41, 5.74) is 2.06. The smallest absolute Gasteiger partial charge is 0.415 e. The van der Waals surface area contributed by atoms with Gasteiger partial charge in [0.2, 0.25) is 0 Å². The number of ether oxygens (including phenoxy) is 2. The molecule has 0 aromatic heterocycles. The van der Waals surface area contributed by atoms with Gasteiger partial charge in [0.1, 0.15) is 11.9 Å². The summed E-state index contributed by atoms with van der Waals surface area (Å²) < 4.78 is 10.5. The zero-order valence-electron chi connectivity index (χ0n) is 10.3. The molecule has 1 aromatic carbocycles. The second-order valence-electron chi connectivity index (χ2n) is 4.55. The fraction of sp³-hybridized carbons (Fsp3) is 0.357. The molecule has 0 bridgehead atoms. The van der Waals surface area contributed by atoms with Crippen molar-refractivity contribution in [3.05, 3.63) is 36.4 Å². The monoisotopic (exact) mass is 245 g/mol. The number of cyclic esters (lactones) is 1. The molecule has 0 N–H and O–H groups in total. The Hall–Kier alpha value is -1.97. The lowest BCUT2D eigenvalue weighted by Gasteiger charge is -2.30. The first kappa shape index (κ1) is 11.1. The predicted octanol–water partition coefficient (Wildman–Crippen LogP) is 2.52. The lowest BCUT2D eigenvalue weighted by Crippen LogP contribution is -2.39. The number of anilines is 1. The Morgan fingerprint density at radius 1 is 1.56 bits per heavy atom. The van der Waals surface area contributed by atoms with Crippen molar-refractivity contribution in [2.24, 2.45) is 0 Å². The summed E-state index contributed by atoms with van der Waals surface area (Å²) in [5.74, 6) is 0.819. The van der Waals surface area contributed by atoms with E-state index in [0.717, 1.165) is 29.8 Å². The summed E-state index contributed by atoms with van der Waals surface area (Å²) in [4.78, 5) is 13.7. The van der Waals surface area contributed by atoms with Gasteiger partial charge in [0.05, 0.1) is 18.8 Å². The Morgan fingerprint density at radius 3 is 3.11 bits per heavy atom. The van der Waals surface area contributed by atoms with Gasteiger partial charge >= 0.3 is 6.09 Å². The molecule has 18 heavy (non-hydrogen) atoms. The number of carbonyl (C=O) groups is 1. The van der Waals surface area contributed by atoms with Crippen molar-refractivity contribution in [2.45, 2.75) is 25.0 Å². The van der Waals surface area contributed by atoms with Crippen LogP contribution in [0.4, 0.5) is 10.5 Å². The summed E-state index contributed by atoms with van der Waals surface area (Å²) in [5, 5.41) is 0. The van der Waals surface area contributed by atoms with E-state index in [-0.39, 0.29) is 18.2 Å². The number of hydrogen-bond acceptors (Lipinski definition) is 3. The second-order valence-corrected chi connectivity index (χ2v) is 4.55. The maximum absolute atomic E-state index is 11.9. The number of fused-ring (bicyclic) bond motifs is 3. The van der Waals surface area contributed by atoms with Crippen LogP contribution in [0.25, 0.3) is 0 Å². The van der Waals surface area contributed by atoms with Crippen LogP contribution in [0.3, 0.4) is 0 Å². The van der Waals surface area contributed by atoms with Crippen molar-refractivity contribution >= 4 is 11.8 Å². The Labute approximate surface area is 106 Å². The van der Waals surface area contributed by atoms with Gasteiger partial charge in [-0.2, -0.15) is 0 Å². The van der Waals surface area contributed by atoms with Gasteiger partial charge in [-0.15, -0.1) is 0 Å². The maximum atomic E-state index is 11.9. The van der Waals surface area contributed by atoms with Crippen molar-refractivity contribution in [1.29, 1.82) is 0 Å². The largest absolute Gasteiger partial charge is 0.497 e. The normalized spacial score (nSPS) is 25.2. The summed E-state index contributed by atoms with van der Waals surface area (Å²) in [6, 6.07) is 5.86. The number of carbonyl (C=O) groups excluding carboxylic acids is 1. The number of amides is 1. The van der Waals surface area contributed by atoms with Gasteiger partial charge in [-0.3, -0.25) is 4.90 Å². The first-order chi connectivity index (χ1) is 8.74. The van der Waals surface area contributed by atoms with Crippen molar-refractivity contribution < 1.29 is 14.3 Å². The van der Waals surface area contributed by atoms with Gasteiger partial charge in [-0.05, 0) is 42.7 Å². The zero-order valence-corrected chi connectivity index (χ0v) is 10.3. The molecular formula is C14H15NO3. The zero-order chi connectivity index (χ0) is 12.7. The highest BCUT2D eigenvalue weighted by atomic mass is 16.6. The topological polar surface area (TPSA) is 38.8 Å². The highest BCUT2D eigenvalue weighted by Crippen LogP contribution is 2.38. The number of aryl methyl sites for hydroxylation is 1. The lowest BCUT2D eigenvalue weighted by atomic mass is 9.93. The molecule has 1 aromatic rings. The molecule has 4 heteroatoms. The van der Waals surface area contributed by atoms with Crippen LogP contribution in [0.5, 0.6) is 5.75 Å². The van der Waals surface area contributed by atoms with E-state index >= 15 is 0 Å². The van der Waals surface area contributed by atoms with Crippen LogP contribution in [-0.2, 0) is 11.2 Å². The van der Waals surface area contributed by atoms with E-state index in [1.165, 1.54) is 0 Å². The number of benzene rings is 1. The molecule has 2 atom stereocenters. The molecule has 0 saturated carbocycles. The first-order valence-corrected chi connectivity index (χ1v) is 6.04. The van der Waals surface area contributed by atoms with Crippen LogP contribution in [0, 0.1) is 0 Å². The SMILES string of the molecule is C=C[C@@H]1OC(=O)N2c3ccc(OC)cc3CC[C@H]12. The van der Waals surface area contributed by atoms with Gasteiger partial charge < -0.3 is 9.47 Å². The van der Waals surface area contributed by atoms with E-state index < -0.39 is 0 Å².